The van der Waals surface area contributed by atoms with Gasteiger partial charge in [0.25, 0.3) is 0 Å². The SMILES string of the molecule is CCCCN(CC(=O)Nc1cc(C(C)(C)C)nn1-c1ccc(C)cc1C)C(=O)Nc1ccccc1F. The Bertz CT molecular complexity index is 1230. The van der Waals surface area contributed by atoms with Crippen molar-refractivity contribution in [2.75, 3.05) is 23.7 Å². The summed E-state index contributed by atoms with van der Waals surface area (Å²) < 4.78 is 15.8. The van der Waals surface area contributed by atoms with Gasteiger partial charge in [-0.3, -0.25) is 4.79 Å². The van der Waals surface area contributed by atoms with E-state index in [2.05, 4.69) is 37.5 Å². The molecule has 0 saturated heterocycles. The van der Waals surface area contributed by atoms with Gasteiger partial charge in [0.2, 0.25) is 5.91 Å². The quantitative estimate of drug-likeness (QED) is 0.392. The van der Waals surface area contributed by atoms with Crippen LogP contribution in [0.15, 0.2) is 48.5 Å². The van der Waals surface area contributed by atoms with Gasteiger partial charge in [0, 0.05) is 18.0 Å². The second-order valence-electron chi connectivity index (χ2n) is 10.1. The van der Waals surface area contributed by atoms with E-state index >= 15 is 0 Å². The van der Waals surface area contributed by atoms with E-state index in [1.165, 1.54) is 17.0 Å². The number of aromatic nitrogens is 2. The van der Waals surface area contributed by atoms with Gasteiger partial charge in [0.15, 0.2) is 0 Å². The van der Waals surface area contributed by atoms with Crippen molar-refractivity contribution in [2.45, 2.75) is 59.8 Å². The fourth-order valence-electron chi connectivity index (χ4n) is 3.78. The fraction of sp³-hybridized carbons (Fsp3) is 0.393. The first-order valence-corrected chi connectivity index (χ1v) is 12.3. The van der Waals surface area contributed by atoms with E-state index in [0.29, 0.717) is 18.8 Å². The molecule has 0 unspecified atom stereocenters. The lowest BCUT2D eigenvalue weighted by Gasteiger charge is -2.23. The maximum Gasteiger partial charge on any atom is 0.322 e. The largest absolute Gasteiger partial charge is 0.322 e. The standard InChI is InChI=1S/C28H36FN5O2/c1-7-8-15-33(27(36)30-22-12-10-9-11-21(22)29)18-26(35)31-25-17-24(28(4,5)6)32-34(25)23-14-13-19(2)16-20(23)3/h9-14,16-17H,7-8,15,18H2,1-6H3,(H,30,36)(H,31,35). The van der Waals surface area contributed by atoms with Crippen molar-refractivity contribution >= 4 is 23.4 Å². The second-order valence-corrected chi connectivity index (χ2v) is 10.1. The Morgan fingerprint density at radius 3 is 2.42 bits per heavy atom. The Labute approximate surface area is 212 Å². The third-order valence-electron chi connectivity index (χ3n) is 5.84. The summed E-state index contributed by atoms with van der Waals surface area (Å²) in [6.07, 6.45) is 1.56. The number of aryl methyl sites for hydroxylation is 2. The molecule has 8 heteroatoms. The van der Waals surface area contributed by atoms with Gasteiger partial charge in [-0.25, -0.2) is 13.9 Å². The number of halogens is 1. The fourth-order valence-corrected chi connectivity index (χ4v) is 3.78. The molecular weight excluding hydrogens is 457 g/mol. The van der Waals surface area contributed by atoms with Crippen molar-refractivity contribution in [2.24, 2.45) is 0 Å². The molecule has 36 heavy (non-hydrogen) atoms. The van der Waals surface area contributed by atoms with Gasteiger partial charge in [0.1, 0.15) is 18.2 Å². The maximum absolute atomic E-state index is 14.1. The zero-order valence-corrected chi connectivity index (χ0v) is 22.0. The molecule has 7 nitrogen and oxygen atoms in total. The van der Waals surface area contributed by atoms with Crippen LogP contribution in [0.4, 0.5) is 20.7 Å². The summed E-state index contributed by atoms with van der Waals surface area (Å²) in [4.78, 5) is 27.4. The van der Waals surface area contributed by atoms with Crippen LogP contribution < -0.4 is 10.6 Å². The van der Waals surface area contributed by atoms with Crippen molar-refractivity contribution in [1.29, 1.82) is 0 Å². The number of amides is 3. The molecular formula is C28H36FN5O2. The summed E-state index contributed by atoms with van der Waals surface area (Å²) in [6, 6.07) is 13.4. The van der Waals surface area contributed by atoms with E-state index in [4.69, 9.17) is 5.10 Å². The molecule has 192 valence electrons. The number of anilines is 2. The lowest BCUT2D eigenvalue weighted by Crippen LogP contribution is -2.41. The van der Waals surface area contributed by atoms with Crippen LogP contribution in [-0.4, -0.2) is 39.7 Å². The number of carbonyl (C=O) groups is 2. The Kier molecular flexibility index (Phi) is 8.50. The summed E-state index contributed by atoms with van der Waals surface area (Å²) in [5.41, 5.74) is 3.72. The van der Waals surface area contributed by atoms with Gasteiger partial charge in [-0.05, 0) is 44.0 Å². The monoisotopic (exact) mass is 493 g/mol. The average molecular weight is 494 g/mol. The first kappa shape index (κ1) is 26.9. The normalized spacial score (nSPS) is 11.3. The summed E-state index contributed by atoms with van der Waals surface area (Å²) in [6.45, 7) is 12.4. The van der Waals surface area contributed by atoms with Crippen LogP contribution in [0, 0.1) is 19.7 Å². The highest BCUT2D eigenvalue weighted by atomic mass is 19.1. The minimum atomic E-state index is -0.530. The number of hydrogen-bond acceptors (Lipinski definition) is 3. The Balaban J connectivity index is 1.84. The van der Waals surface area contributed by atoms with Crippen LogP contribution in [-0.2, 0) is 10.2 Å². The minimum absolute atomic E-state index is 0.0761. The number of para-hydroxylation sites is 1. The van der Waals surface area contributed by atoms with Crippen molar-refractivity contribution in [3.63, 3.8) is 0 Å². The van der Waals surface area contributed by atoms with Crippen LogP contribution in [0.2, 0.25) is 0 Å². The predicted molar refractivity (Wildman–Crippen MR) is 142 cm³/mol. The highest BCUT2D eigenvalue weighted by Gasteiger charge is 2.24. The smallest absolute Gasteiger partial charge is 0.315 e. The zero-order valence-electron chi connectivity index (χ0n) is 22.0. The molecule has 0 bridgehead atoms. The topological polar surface area (TPSA) is 79.3 Å². The zero-order chi connectivity index (χ0) is 26.5. The summed E-state index contributed by atoms with van der Waals surface area (Å²) >= 11 is 0. The van der Waals surface area contributed by atoms with E-state index in [1.807, 2.05) is 39.0 Å². The van der Waals surface area contributed by atoms with Crippen LogP contribution in [0.1, 0.15) is 57.4 Å². The van der Waals surface area contributed by atoms with Gasteiger partial charge >= 0.3 is 6.03 Å². The van der Waals surface area contributed by atoms with Gasteiger partial charge in [-0.1, -0.05) is 63.9 Å². The molecule has 0 aliphatic carbocycles. The highest BCUT2D eigenvalue weighted by Crippen LogP contribution is 2.28. The molecule has 0 aliphatic rings. The number of unbranched alkanes of at least 4 members (excludes halogenated alkanes) is 1. The van der Waals surface area contributed by atoms with Gasteiger partial charge < -0.3 is 15.5 Å². The molecule has 0 aliphatic heterocycles. The third-order valence-corrected chi connectivity index (χ3v) is 5.84. The molecule has 3 rings (SSSR count). The molecule has 0 atom stereocenters. The first-order valence-electron chi connectivity index (χ1n) is 12.3. The molecule has 3 aromatic rings. The maximum atomic E-state index is 14.1. The number of nitrogens with zero attached hydrogens (tertiary/aromatic N) is 3. The summed E-state index contributed by atoms with van der Waals surface area (Å²) in [5, 5.41) is 10.3. The Hall–Kier alpha value is -3.68. The van der Waals surface area contributed by atoms with Gasteiger partial charge in [0.05, 0.1) is 17.1 Å². The third kappa shape index (κ3) is 6.71. The minimum Gasteiger partial charge on any atom is -0.315 e. The number of rotatable bonds is 8. The van der Waals surface area contributed by atoms with Crippen molar-refractivity contribution in [3.05, 3.63) is 71.2 Å². The summed E-state index contributed by atoms with van der Waals surface area (Å²) in [7, 11) is 0. The van der Waals surface area contributed by atoms with Gasteiger partial charge in [-0.15, -0.1) is 0 Å². The number of nitrogens with one attached hydrogen (secondary N) is 2. The Morgan fingerprint density at radius 1 is 1.06 bits per heavy atom. The number of carbonyl (C=O) groups excluding carboxylic acids is 2. The number of urea groups is 1. The van der Waals surface area contributed by atoms with E-state index < -0.39 is 11.8 Å². The first-order chi connectivity index (χ1) is 17.0. The highest BCUT2D eigenvalue weighted by molar-refractivity contribution is 5.96. The van der Waals surface area contributed by atoms with Crippen molar-refractivity contribution in [1.82, 2.24) is 14.7 Å². The van der Waals surface area contributed by atoms with E-state index in [-0.39, 0.29) is 23.6 Å². The summed E-state index contributed by atoms with van der Waals surface area (Å²) in [5.74, 6) is -0.360. The van der Waals surface area contributed by atoms with Crippen LogP contribution >= 0.6 is 0 Å². The molecule has 2 aromatic carbocycles. The van der Waals surface area contributed by atoms with Crippen LogP contribution in [0.3, 0.4) is 0 Å². The molecule has 0 fully saturated rings. The molecule has 3 amide bonds. The molecule has 1 heterocycles. The lowest BCUT2D eigenvalue weighted by molar-refractivity contribution is -0.116. The molecule has 0 spiro atoms. The number of hydrogen-bond donors (Lipinski definition) is 2. The van der Waals surface area contributed by atoms with E-state index in [1.54, 1.807) is 16.8 Å². The Morgan fingerprint density at radius 2 is 1.78 bits per heavy atom. The van der Waals surface area contributed by atoms with E-state index in [0.717, 1.165) is 28.9 Å². The molecule has 2 N–H and O–H groups in total. The van der Waals surface area contributed by atoms with Crippen molar-refractivity contribution < 1.29 is 14.0 Å². The van der Waals surface area contributed by atoms with Gasteiger partial charge in [-0.2, -0.15) is 5.10 Å². The molecule has 0 saturated carbocycles. The van der Waals surface area contributed by atoms with Crippen LogP contribution in [0.5, 0.6) is 0 Å². The average Bonchev–Trinajstić information content (AvgIpc) is 3.22. The second kappa shape index (κ2) is 11.4. The molecule has 1 aromatic heterocycles. The lowest BCUT2D eigenvalue weighted by atomic mass is 9.92. The van der Waals surface area contributed by atoms with Crippen LogP contribution in [0.25, 0.3) is 5.69 Å². The van der Waals surface area contributed by atoms with E-state index in [9.17, 15) is 14.0 Å². The predicted octanol–water partition coefficient (Wildman–Crippen LogP) is 6.20. The molecule has 0 radical (unpaired) electrons. The number of benzene rings is 2. The van der Waals surface area contributed by atoms with Crippen molar-refractivity contribution in [3.8, 4) is 5.69 Å².